The number of carbonyl (C=O) groups is 5. The molecule has 57 heavy (non-hydrogen) atoms. The molecule has 0 bridgehead atoms. The van der Waals surface area contributed by atoms with Crippen molar-refractivity contribution in [2.45, 2.75) is 24.2 Å². The maximum absolute atomic E-state index is 15.3. The molecule has 0 radical (unpaired) electrons. The fraction of sp³-hybridized carbons (Fsp3) is 0.178. The Morgan fingerprint density at radius 3 is 2.12 bits per heavy atom. The standard InChI is InChI=1S/C45H32Cl2FN3O6/c46-27-10-8-26(9-11-27)45-36(42(55)51(44(45)57)49-30-15-13-29(48)14-16-30)23-34-32(39(45)35-22-28(47)12-21-37(35)52)19-20-33-38(34)43(56)50(41(33)54)31-17-6-25(7-18-31)40(53)24-4-2-1-3-5-24/h1-19,21-22,33-34,36,38-39,49,52H,20,23H2. The molecule has 6 atom stereocenters. The van der Waals surface area contributed by atoms with Gasteiger partial charge >= 0.3 is 0 Å². The molecule has 2 heterocycles. The van der Waals surface area contributed by atoms with E-state index in [9.17, 15) is 28.7 Å². The molecule has 9 nitrogen and oxygen atoms in total. The molecule has 6 unspecified atom stereocenters. The first-order chi connectivity index (χ1) is 27.5. The number of fused-ring (bicyclic) bond motifs is 4. The van der Waals surface area contributed by atoms with Gasteiger partial charge in [0.15, 0.2) is 5.78 Å². The highest BCUT2D eigenvalue weighted by Crippen LogP contribution is 2.65. The van der Waals surface area contributed by atoms with Gasteiger partial charge in [-0.15, -0.1) is 0 Å². The second kappa shape index (κ2) is 13.8. The first-order valence-corrected chi connectivity index (χ1v) is 19.2. The Kier molecular flexibility index (Phi) is 8.86. The molecule has 2 N–H and O–H groups in total. The molecule has 2 saturated heterocycles. The van der Waals surface area contributed by atoms with Crippen LogP contribution in [-0.4, -0.2) is 39.5 Å². The van der Waals surface area contributed by atoms with Crippen LogP contribution < -0.4 is 10.3 Å². The minimum Gasteiger partial charge on any atom is -0.508 e. The number of imide groups is 2. The van der Waals surface area contributed by atoms with Crippen LogP contribution in [0.25, 0.3) is 0 Å². The third-order valence-corrected chi connectivity index (χ3v) is 12.5. The average Bonchev–Trinajstić information content (AvgIpc) is 3.60. The summed E-state index contributed by atoms with van der Waals surface area (Å²) in [4.78, 5) is 73.3. The van der Waals surface area contributed by atoms with Crippen LogP contribution in [0.1, 0.15) is 45.8 Å². The Morgan fingerprint density at radius 1 is 0.754 bits per heavy atom. The molecule has 5 aromatic carbocycles. The van der Waals surface area contributed by atoms with Gasteiger partial charge in [0.05, 0.1) is 34.5 Å². The number of nitrogens with zero attached hydrogens (tertiary/aromatic N) is 2. The summed E-state index contributed by atoms with van der Waals surface area (Å²) in [5.41, 5.74) is 4.05. The number of hydrazine groups is 1. The van der Waals surface area contributed by atoms with Crippen LogP contribution in [0, 0.1) is 29.5 Å². The molecule has 284 valence electrons. The smallest absolute Gasteiger partial charge is 0.260 e. The molecule has 0 spiro atoms. The number of allylic oxidation sites excluding steroid dienone is 2. The monoisotopic (exact) mass is 799 g/mol. The van der Waals surface area contributed by atoms with Crippen LogP contribution >= 0.6 is 23.2 Å². The zero-order chi connectivity index (χ0) is 39.7. The van der Waals surface area contributed by atoms with Crippen molar-refractivity contribution in [3.05, 3.63) is 171 Å². The molecular formula is C45H32Cl2FN3O6. The third kappa shape index (κ3) is 5.69. The zero-order valence-electron chi connectivity index (χ0n) is 29.9. The molecule has 5 aromatic rings. The highest BCUT2D eigenvalue weighted by Gasteiger charge is 2.70. The normalized spacial score (nSPS) is 25.2. The largest absolute Gasteiger partial charge is 0.508 e. The number of nitrogens with one attached hydrogen (secondary N) is 1. The Labute approximate surface area is 336 Å². The number of rotatable bonds is 7. The minimum absolute atomic E-state index is 0.0109. The molecule has 1 saturated carbocycles. The number of halogens is 3. The van der Waals surface area contributed by atoms with Gasteiger partial charge in [0, 0.05) is 32.7 Å². The number of anilines is 2. The van der Waals surface area contributed by atoms with Gasteiger partial charge in [0.2, 0.25) is 11.8 Å². The molecule has 0 aromatic heterocycles. The number of hydrogen-bond donors (Lipinski definition) is 2. The Hall–Kier alpha value is -6.10. The fourth-order valence-electron chi connectivity index (χ4n) is 9.53. The van der Waals surface area contributed by atoms with Gasteiger partial charge in [-0.05, 0) is 103 Å². The van der Waals surface area contributed by atoms with Gasteiger partial charge in [0.25, 0.3) is 11.8 Å². The summed E-state index contributed by atoms with van der Waals surface area (Å²) < 4.78 is 13.9. The van der Waals surface area contributed by atoms with E-state index in [4.69, 9.17) is 23.2 Å². The van der Waals surface area contributed by atoms with Crippen LogP contribution in [0.4, 0.5) is 15.8 Å². The van der Waals surface area contributed by atoms with E-state index >= 15 is 4.79 Å². The Balaban J connectivity index is 1.16. The first-order valence-electron chi connectivity index (χ1n) is 18.4. The quantitative estimate of drug-likeness (QED) is 0.0966. The lowest BCUT2D eigenvalue weighted by Gasteiger charge is -2.50. The Bertz CT molecular complexity index is 2530. The van der Waals surface area contributed by atoms with Crippen LogP contribution in [0.2, 0.25) is 10.0 Å². The Morgan fingerprint density at radius 2 is 1.42 bits per heavy atom. The highest BCUT2D eigenvalue weighted by atomic mass is 35.5. The maximum atomic E-state index is 15.3. The van der Waals surface area contributed by atoms with Gasteiger partial charge in [-0.2, -0.15) is 5.01 Å². The van der Waals surface area contributed by atoms with Crippen LogP contribution in [0.3, 0.4) is 0 Å². The third-order valence-electron chi connectivity index (χ3n) is 12.0. The van der Waals surface area contributed by atoms with E-state index in [0.717, 1.165) is 9.91 Å². The van der Waals surface area contributed by atoms with E-state index in [1.807, 2.05) is 12.1 Å². The predicted molar refractivity (Wildman–Crippen MR) is 211 cm³/mol. The summed E-state index contributed by atoms with van der Waals surface area (Å²) >= 11 is 12.9. The summed E-state index contributed by atoms with van der Waals surface area (Å²) in [6, 6.07) is 31.4. The van der Waals surface area contributed by atoms with Crippen LogP contribution in [0.15, 0.2) is 133 Å². The van der Waals surface area contributed by atoms with Crippen molar-refractivity contribution in [2.75, 3.05) is 10.3 Å². The van der Waals surface area contributed by atoms with E-state index in [2.05, 4.69) is 5.43 Å². The van der Waals surface area contributed by atoms with Gasteiger partial charge in [-0.25, -0.2) is 4.39 Å². The number of carbonyl (C=O) groups excluding carboxylic acids is 5. The number of hydrogen-bond acceptors (Lipinski definition) is 7. The second-order valence-corrected chi connectivity index (χ2v) is 15.7. The van der Waals surface area contributed by atoms with Crippen molar-refractivity contribution < 1.29 is 33.5 Å². The number of aromatic hydroxyl groups is 1. The van der Waals surface area contributed by atoms with Crippen molar-refractivity contribution >= 4 is 64.0 Å². The van der Waals surface area contributed by atoms with E-state index in [1.165, 1.54) is 36.4 Å². The maximum Gasteiger partial charge on any atom is 0.260 e. The summed E-state index contributed by atoms with van der Waals surface area (Å²) in [6.45, 7) is 0. The molecule has 3 fully saturated rings. The van der Waals surface area contributed by atoms with Gasteiger partial charge in [-0.1, -0.05) is 77.3 Å². The van der Waals surface area contributed by atoms with Crippen molar-refractivity contribution in [1.82, 2.24) is 5.01 Å². The lowest BCUT2D eigenvalue weighted by molar-refractivity contribution is -0.138. The van der Waals surface area contributed by atoms with Crippen molar-refractivity contribution in [2.24, 2.45) is 23.7 Å². The van der Waals surface area contributed by atoms with Crippen LogP contribution in [0.5, 0.6) is 5.75 Å². The van der Waals surface area contributed by atoms with Crippen LogP contribution in [-0.2, 0) is 24.6 Å². The van der Waals surface area contributed by atoms with E-state index in [0.29, 0.717) is 33.0 Å². The summed E-state index contributed by atoms with van der Waals surface area (Å²) in [6.07, 6.45) is 2.03. The fourth-order valence-corrected chi connectivity index (χ4v) is 9.84. The molecule has 4 aliphatic rings. The first kappa shape index (κ1) is 36.5. The number of phenols is 1. The van der Waals surface area contributed by atoms with Crippen molar-refractivity contribution in [3.63, 3.8) is 0 Å². The van der Waals surface area contributed by atoms with E-state index < -0.39 is 64.5 Å². The minimum atomic E-state index is -1.68. The SMILES string of the molecule is O=C(c1ccccc1)c1ccc(N2C(=O)C3CC=C4C(CC5C(=O)N(Nc6ccc(F)cc6)C(=O)C5(c5ccc(Cl)cc5)C4c4cc(Cl)ccc4O)C3C2=O)cc1. The number of ketones is 1. The number of phenolic OH excluding ortho intramolecular Hbond substituents is 1. The van der Waals surface area contributed by atoms with E-state index in [1.54, 1.807) is 78.9 Å². The molecule has 12 heteroatoms. The summed E-state index contributed by atoms with van der Waals surface area (Å²) in [5.74, 6) is -7.50. The van der Waals surface area contributed by atoms with Gasteiger partial charge in [-0.3, -0.25) is 34.3 Å². The zero-order valence-corrected chi connectivity index (χ0v) is 31.5. The summed E-state index contributed by atoms with van der Waals surface area (Å²) in [5, 5.41) is 13.2. The molecule has 9 rings (SSSR count). The topological polar surface area (TPSA) is 124 Å². The lowest BCUT2D eigenvalue weighted by atomic mass is 9.49. The van der Waals surface area contributed by atoms with Gasteiger partial charge < -0.3 is 5.11 Å². The van der Waals surface area contributed by atoms with Crippen molar-refractivity contribution in [1.29, 1.82) is 0 Å². The summed E-state index contributed by atoms with van der Waals surface area (Å²) in [7, 11) is 0. The van der Waals surface area contributed by atoms with E-state index in [-0.39, 0.29) is 40.6 Å². The second-order valence-electron chi connectivity index (χ2n) is 14.8. The average molecular weight is 801 g/mol. The van der Waals surface area contributed by atoms with Crippen molar-refractivity contribution in [3.8, 4) is 5.75 Å². The molecule has 2 aliphatic heterocycles. The molecular weight excluding hydrogens is 768 g/mol. The number of amides is 4. The molecule has 4 amide bonds. The highest BCUT2D eigenvalue weighted by molar-refractivity contribution is 6.31. The predicted octanol–water partition coefficient (Wildman–Crippen LogP) is 8.26. The lowest BCUT2D eigenvalue weighted by Crippen LogP contribution is -2.53. The van der Waals surface area contributed by atoms with Gasteiger partial charge in [0.1, 0.15) is 11.6 Å². The number of benzene rings is 5. The molecule has 2 aliphatic carbocycles.